The molecule has 0 aliphatic carbocycles. The molecule has 1 heterocycles. The number of benzene rings is 2. The minimum absolute atomic E-state index is 0.00458. The Labute approximate surface area is 186 Å². The summed E-state index contributed by atoms with van der Waals surface area (Å²) in [6.07, 6.45) is 3.70. The maximum absolute atomic E-state index is 13.4. The van der Waals surface area contributed by atoms with E-state index in [1.165, 1.54) is 45.6 Å². The van der Waals surface area contributed by atoms with Gasteiger partial charge in [-0.25, -0.2) is 13.2 Å². The number of nitrogens with one attached hydrogen (secondary N) is 1. The van der Waals surface area contributed by atoms with Crippen molar-refractivity contribution in [2.75, 3.05) is 37.5 Å². The van der Waals surface area contributed by atoms with E-state index in [1.54, 1.807) is 29.2 Å². The van der Waals surface area contributed by atoms with Crippen LogP contribution in [0.4, 0.5) is 11.4 Å². The first-order valence-corrected chi connectivity index (χ1v) is 11.2. The first-order valence-electron chi connectivity index (χ1n) is 9.75. The van der Waals surface area contributed by atoms with Crippen LogP contribution >= 0.6 is 0 Å². The average Bonchev–Trinajstić information content (AvgIpc) is 3.22. The van der Waals surface area contributed by atoms with E-state index in [2.05, 4.69) is 9.46 Å². The van der Waals surface area contributed by atoms with Crippen LogP contribution < -0.4 is 19.1 Å². The van der Waals surface area contributed by atoms with Crippen LogP contribution in [0.15, 0.2) is 47.4 Å². The number of anilines is 2. The number of amides is 1. The fourth-order valence-electron chi connectivity index (χ4n) is 3.38. The van der Waals surface area contributed by atoms with Gasteiger partial charge >= 0.3 is 5.97 Å². The molecule has 0 bridgehead atoms. The largest absolute Gasteiger partial charge is 0.493 e. The van der Waals surface area contributed by atoms with Crippen molar-refractivity contribution in [3.05, 3.63) is 48.0 Å². The molecule has 1 amide bonds. The molecule has 0 saturated carbocycles. The van der Waals surface area contributed by atoms with Crippen LogP contribution in [0.2, 0.25) is 0 Å². The van der Waals surface area contributed by atoms with Crippen LogP contribution in [0.5, 0.6) is 11.5 Å². The summed E-state index contributed by atoms with van der Waals surface area (Å²) < 4.78 is 44.5. The number of sulfonamides is 1. The highest BCUT2D eigenvalue weighted by molar-refractivity contribution is 7.92. The van der Waals surface area contributed by atoms with E-state index in [0.29, 0.717) is 30.6 Å². The molecular weight excluding hydrogens is 436 g/mol. The van der Waals surface area contributed by atoms with Gasteiger partial charge in [-0.1, -0.05) is 12.1 Å². The second-order valence-electron chi connectivity index (χ2n) is 6.88. The number of methoxy groups -OCH3 is 3. The highest BCUT2D eigenvalue weighted by atomic mass is 32.2. The van der Waals surface area contributed by atoms with E-state index >= 15 is 0 Å². The fourth-order valence-corrected chi connectivity index (χ4v) is 4.67. The third kappa shape index (κ3) is 4.86. The van der Waals surface area contributed by atoms with Gasteiger partial charge in [-0.15, -0.1) is 0 Å². The van der Waals surface area contributed by atoms with Crippen LogP contribution in [0.25, 0.3) is 6.08 Å². The summed E-state index contributed by atoms with van der Waals surface area (Å²) in [5.74, 6) is -0.481. The van der Waals surface area contributed by atoms with Gasteiger partial charge in [0.05, 0.1) is 32.7 Å². The van der Waals surface area contributed by atoms with Gasteiger partial charge in [0.2, 0.25) is 5.91 Å². The molecule has 0 unspecified atom stereocenters. The van der Waals surface area contributed by atoms with Crippen LogP contribution in [0, 0.1) is 0 Å². The topological polar surface area (TPSA) is 111 Å². The molecule has 2 aromatic carbocycles. The first-order chi connectivity index (χ1) is 15.3. The van der Waals surface area contributed by atoms with Gasteiger partial charge in [0.15, 0.2) is 11.5 Å². The maximum atomic E-state index is 13.4. The van der Waals surface area contributed by atoms with Crippen molar-refractivity contribution >= 4 is 39.4 Å². The first kappa shape index (κ1) is 23.1. The van der Waals surface area contributed by atoms with Gasteiger partial charge in [0.25, 0.3) is 10.0 Å². The molecule has 0 radical (unpaired) electrons. The lowest BCUT2D eigenvalue weighted by atomic mass is 10.2. The van der Waals surface area contributed by atoms with Crippen LogP contribution in [-0.4, -0.2) is 48.2 Å². The predicted molar refractivity (Wildman–Crippen MR) is 119 cm³/mol. The minimum Gasteiger partial charge on any atom is -0.493 e. The fraction of sp³-hybridized carbons (Fsp3) is 0.273. The molecule has 0 atom stereocenters. The Balaban J connectivity index is 2.06. The lowest BCUT2D eigenvalue weighted by molar-refractivity contribution is -0.134. The number of para-hydroxylation sites is 2. The Morgan fingerprint density at radius 2 is 1.88 bits per heavy atom. The molecule has 32 heavy (non-hydrogen) atoms. The Hall–Kier alpha value is -3.53. The number of nitrogens with zero attached hydrogens (tertiary/aromatic N) is 1. The number of esters is 1. The number of carbonyl (C=O) groups is 2. The van der Waals surface area contributed by atoms with Crippen molar-refractivity contribution in [2.45, 2.75) is 17.7 Å². The van der Waals surface area contributed by atoms with E-state index in [4.69, 9.17) is 9.47 Å². The van der Waals surface area contributed by atoms with Crippen LogP contribution in [0.1, 0.15) is 18.4 Å². The van der Waals surface area contributed by atoms with Crippen molar-refractivity contribution in [3.63, 3.8) is 0 Å². The minimum atomic E-state index is -4.17. The number of rotatable bonds is 8. The van der Waals surface area contributed by atoms with Crippen molar-refractivity contribution in [1.82, 2.24) is 0 Å². The molecular formula is C22H24N2O7S. The Bertz CT molecular complexity index is 1160. The number of hydrogen-bond acceptors (Lipinski definition) is 7. The maximum Gasteiger partial charge on any atom is 0.330 e. The second kappa shape index (κ2) is 9.73. The monoisotopic (exact) mass is 460 g/mol. The lowest BCUT2D eigenvalue weighted by Gasteiger charge is -2.21. The molecule has 0 spiro atoms. The number of ether oxygens (including phenoxy) is 3. The Kier molecular flexibility index (Phi) is 7.04. The van der Waals surface area contributed by atoms with Crippen molar-refractivity contribution in [1.29, 1.82) is 0 Å². The summed E-state index contributed by atoms with van der Waals surface area (Å²) >= 11 is 0. The van der Waals surface area contributed by atoms with E-state index in [9.17, 15) is 18.0 Å². The third-order valence-corrected chi connectivity index (χ3v) is 6.25. The average molecular weight is 461 g/mol. The van der Waals surface area contributed by atoms with Gasteiger partial charge in [-0.3, -0.25) is 9.52 Å². The molecule has 10 heteroatoms. The highest BCUT2D eigenvalue weighted by Crippen LogP contribution is 2.38. The summed E-state index contributed by atoms with van der Waals surface area (Å²) in [6, 6.07) is 9.58. The molecule has 1 aliphatic heterocycles. The molecule has 1 aliphatic rings. The van der Waals surface area contributed by atoms with E-state index in [1.807, 2.05) is 0 Å². The third-order valence-electron chi connectivity index (χ3n) is 4.88. The van der Waals surface area contributed by atoms with Crippen LogP contribution in [0.3, 0.4) is 0 Å². The zero-order valence-electron chi connectivity index (χ0n) is 18.0. The molecule has 3 rings (SSSR count). The smallest absolute Gasteiger partial charge is 0.330 e. The SMILES string of the molecule is COC(=O)/C=C/c1cc(OC)c(OC)c(S(=O)(=O)Nc2ccccc2N2CCCC2=O)c1. The molecule has 1 fully saturated rings. The van der Waals surface area contributed by atoms with E-state index < -0.39 is 16.0 Å². The molecule has 2 aromatic rings. The zero-order chi connectivity index (χ0) is 23.3. The molecule has 1 saturated heterocycles. The van der Waals surface area contributed by atoms with Gasteiger partial charge < -0.3 is 19.1 Å². The van der Waals surface area contributed by atoms with Gasteiger partial charge in [-0.2, -0.15) is 0 Å². The highest BCUT2D eigenvalue weighted by Gasteiger charge is 2.28. The summed E-state index contributed by atoms with van der Waals surface area (Å²) in [7, 11) is -0.218. The van der Waals surface area contributed by atoms with Crippen molar-refractivity contribution in [2.24, 2.45) is 0 Å². The van der Waals surface area contributed by atoms with Gasteiger partial charge in [-0.05, 0) is 42.3 Å². The second-order valence-corrected chi connectivity index (χ2v) is 8.53. The molecule has 1 N–H and O–H groups in total. The summed E-state index contributed by atoms with van der Waals surface area (Å²) in [6.45, 7) is 0.516. The van der Waals surface area contributed by atoms with Crippen molar-refractivity contribution in [3.8, 4) is 11.5 Å². The predicted octanol–water partition coefficient (Wildman–Crippen LogP) is 2.82. The Morgan fingerprint density at radius 1 is 1.12 bits per heavy atom. The molecule has 0 aromatic heterocycles. The molecule has 170 valence electrons. The zero-order valence-corrected chi connectivity index (χ0v) is 18.8. The number of hydrogen-bond donors (Lipinski definition) is 1. The summed E-state index contributed by atoms with van der Waals surface area (Å²) in [5.41, 5.74) is 1.13. The summed E-state index contributed by atoms with van der Waals surface area (Å²) in [4.78, 5) is 25.0. The Morgan fingerprint density at radius 3 is 2.50 bits per heavy atom. The van der Waals surface area contributed by atoms with Crippen molar-refractivity contribution < 1.29 is 32.2 Å². The molecule has 9 nitrogen and oxygen atoms in total. The summed E-state index contributed by atoms with van der Waals surface area (Å²) in [5, 5.41) is 0. The normalized spacial score (nSPS) is 14.0. The standard InChI is InChI=1S/C22H24N2O7S/c1-29-18-13-15(10-11-21(26)30-2)14-19(22(18)31-3)32(27,28)23-16-7-4-5-8-17(16)24-12-6-9-20(24)25/h4-5,7-8,10-11,13-14,23H,6,9,12H2,1-3H3/b11-10+. The van der Waals surface area contributed by atoms with Gasteiger partial charge in [0.1, 0.15) is 4.90 Å². The number of carbonyl (C=O) groups excluding carboxylic acids is 2. The quantitative estimate of drug-likeness (QED) is 0.476. The van der Waals surface area contributed by atoms with Crippen LogP contribution in [-0.2, 0) is 24.3 Å². The lowest BCUT2D eigenvalue weighted by Crippen LogP contribution is -2.25. The van der Waals surface area contributed by atoms with E-state index in [0.717, 1.165) is 0 Å². The van der Waals surface area contributed by atoms with E-state index in [-0.39, 0.29) is 28.0 Å². The van der Waals surface area contributed by atoms with Gasteiger partial charge in [0, 0.05) is 19.0 Å².